The summed E-state index contributed by atoms with van der Waals surface area (Å²) in [7, 11) is 1.94. The van der Waals surface area contributed by atoms with Gasteiger partial charge in [-0.15, -0.1) is 0 Å². The summed E-state index contributed by atoms with van der Waals surface area (Å²) in [6, 6.07) is 13.8. The monoisotopic (exact) mass is 333 g/mol. The molecule has 0 saturated heterocycles. The van der Waals surface area contributed by atoms with Crippen LogP contribution in [-0.2, 0) is 13.1 Å². The standard InChI is InChI=1S/C19H19N5O/c1-24(14-16-5-3-2-4-6-16)18-13-21-17(12-22-18)19(25)23-11-15-7-9-20-10-8-15/h2-10,12-13H,11,14H2,1H3,(H,23,25). The Balaban J connectivity index is 1.58. The second-order valence-electron chi connectivity index (χ2n) is 5.64. The highest BCUT2D eigenvalue weighted by atomic mass is 16.1. The Labute approximate surface area is 146 Å². The molecule has 0 fully saturated rings. The maximum atomic E-state index is 12.1. The average molecular weight is 333 g/mol. The van der Waals surface area contributed by atoms with Gasteiger partial charge < -0.3 is 10.2 Å². The Morgan fingerprint density at radius 3 is 2.44 bits per heavy atom. The van der Waals surface area contributed by atoms with Gasteiger partial charge in [-0.1, -0.05) is 30.3 Å². The number of anilines is 1. The minimum Gasteiger partial charge on any atom is -0.354 e. The van der Waals surface area contributed by atoms with Crippen LogP contribution in [0.4, 0.5) is 5.82 Å². The van der Waals surface area contributed by atoms with Crippen molar-refractivity contribution < 1.29 is 4.79 Å². The van der Waals surface area contributed by atoms with Gasteiger partial charge in [0, 0.05) is 32.5 Å². The van der Waals surface area contributed by atoms with Gasteiger partial charge in [-0.05, 0) is 23.3 Å². The molecular weight excluding hydrogens is 314 g/mol. The first-order chi connectivity index (χ1) is 12.2. The zero-order valence-electron chi connectivity index (χ0n) is 14.0. The molecule has 0 bridgehead atoms. The molecule has 25 heavy (non-hydrogen) atoms. The SMILES string of the molecule is CN(Cc1ccccc1)c1cnc(C(=O)NCc2ccncc2)cn1. The van der Waals surface area contributed by atoms with Gasteiger partial charge in [0.05, 0.1) is 12.4 Å². The lowest BCUT2D eigenvalue weighted by Crippen LogP contribution is -2.24. The summed E-state index contributed by atoms with van der Waals surface area (Å²) >= 11 is 0. The molecule has 3 aromatic rings. The van der Waals surface area contributed by atoms with Crippen molar-refractivity contribution in [3.8, 4) is 0 Å². The number of aromatic nitrogens is 3. The number of rotatable bonds is 6. The van der Waals surface area contributed by atoms with Crippen LogP contribution in [0.25, 0.3) is 0 Å². The second-order valence-corrected chi connectivity index (χ2v) is 5.64. The summed E-state index contributed by atoms with van der Waals surface area (Å²) in [5, 5.41) is 2.82. The van der Waals surface area contributed by atoms with Gasteiger partial charge in [0.25, 0.3) is 5.91 Å². The fourth-order valence-corrected chi connectivity index (χ4v) is 2.35. The molecule has 0 saturated carbocycles. The Kier molecular flexibility index (Phi) is 5.31. The Morgan fingerprint density at radius 2 is 1.76 bits per heavy atom. The Bertz CT molecular complexity index is 806. The molecule has 2 heterocycles. The van der Waals surface area contributed by atoms with E-state index in [9.17, 15) is 4.79 Å². The third kappa shape index (κ3) is 4.60. The van der Waals surface area contributed by atoms with Crippen molar-refractivity contribution in [2.45, 2.75) is 13.1 Å². The van der Waals surface area contributed by atoms with Crippen molar-refractivity contribution in [2.75, 3.05) is 11.9 Å². The van der Waals surface area contributed by atoms with Gasteiger partial charge in [-0.25, -0.2) is 9.97 Å². The molecule has 126 valence electrons. The van der Waals surface area contributed by atoms with E-state index < -0.39 is 0 Å². The molecule has 0 unspecified atom stereocenters. The highest BCUT2D eigenvalue weighted by Gasteiger charge is 2.10. The molecule has 0 radical (unpaired) electrons. The van der Waals surface area contributed by atoms with E-state index in [4.69, 9.17) is 0 Å². The molecule has 0 spiro atoms. The third-order valence-corrected chi connectivity index (χ3v) is 3.73. The summed E-state index contributed by atoms with van der Waals surface area (Å²) in [4.78, 5) is 26.6. The van der Waals surface area contributed by atoms with E-state index in [-0.39, 0.29) is 5.91 Å². The normalized spacial score (nSPS) is 10.3. The van der Waals surface area contributed by atoms with Gasteiger partial charge in [0.1, 0.15) is 11.5 Å². The quantitative estimate of drug-likeness (QED) is 0.750. The summed E-state index contributed by atoms with van der Waals surface area (Å²) in [5.41, 5.74) is 2.47. The topological polar surface area (TPSA) is 71.0 Å². The number of hydrogen-bond acceptors (Lipinski definition) is 5. The third-order valence-electron chi connectivity index (χ3n) is 3.73. The van der Waals surface area contributed by atoms with E-state index >= 15 is 0 Å². The van der Waals surface area contributed by atoms with Crippen LogP contribution in [0.1, 0.15) is 21.6 Å². The summed E-state index contributed by atoms with van der Waals surface area (Å²) in [6.07, 6.45) is 6.50. The van der Waals surface area contributed by atoms with E-state index in [1.807, 2.05) is 42.3 Å². The number of pyridine rings is 1. The van der Waals surface area contributed by atoms with Crippen LogP contribution in [0, 0.1) is 0 Å². The highest BCUT2D eigenvalue weighted by Crippen LogP contribution is 2.11. The van der Waals surface area contributed by atoms with E-state index in [0.29, 0.717) is 12.2 Å². The van der Waals surface area contributed by atoms with Crippen LogP contribution in [0.15, 0.2) is 67.3 Å². The second kappa shape index (κ2) is 8.01. The molecule has 1 amide bonds. The van der Waals surface area contributed by atoms with Crippen LogP contribution >= 0.6 is 0 Å². The number of nitrogens with zero attached hydrogens (tertiary/aromatic N) is 4. The largest absolute Gasteiger partial charge is 0.354 e. The van der Waals surface area contributed by atoms with Crippen molar-refractivity contribution in [2.24, 2.45) is 0 Å². The highest BCUT2D eigenvalue weighted by molar-refractivity contribution is 5.91. The molecule has 0 atom stereocenters. The van der Waals surface area contributed by atoms with Crippen molar-refractivity contribution in [3.63, 3.8) is 0 Å². The van der Waals surface area contributed by atoms with E-state index in [2.05, 4.69) is 32.4 Å². The Morgan fingerprint density at radius 1 is 1.00 bits per heavy atom. The molecule has 3 rings (SSSR count). The summed E-state index contributed by atoms with van der Waals surface area (Å²) < 4.78 is 0. The average Bonchev–Trinajstić information content (AvgIpc) is 2.68. The lowest BCUT2D eigenvalue weighted by molar-refractivity contribution is 0.0945. The number of benzene rings is 1. The maximum Gasteiger partial charge on any atom is 0.271 e. The molecule has 0 aliphatic rings. The smallest absolute Gasteiger partial charge is 0.271 e. The number of carbonyl (C=O) groups is 1. The van der Waals surface area contributed by atoms with Crippen LogP contribution in [0.3, 0.4) is 0 Å². The predicted octanol–water partition coefficient (Wildman–Crippen LogP) is 2.44. The van der Waals surface area contributed by atoms with Crippen molar-refractivity contribution in [1.82, 2.24) is 20.3 Å². The first-order valence-electron chi connectivity index (χ1n) is 7.96. The number of nitrogens with one attached hydrogen (secondary N) is 1. The fourth-order valence-electron chi connectivity index (χ4n) is 2.35. The zero-order chi connectivity index (χ0) is 17.5. The van der Waals surface area contributed by atoms with Crippen molar-refractivity contribution >= 4 is 11.7 Å². The van der Waals surface area contributed by atoms with Crippen molar-refractivity contribution in [1.29, 1.82) is 0 Å². The van der Waals surface area contributed by atoms with Crippen LogP contribution < -0.4 is 10.2 Å². The molecule has 1 aromatic carbocycles. The molecular formula is C19H19N5O. The summed E-state index contributed by atoms with van der Waals surface area (Å²) in [6.45, 7) is 1.15. The van der Waals surface area contributed by atoms with E-state index in [1.54, 1.807) is 18.6 Å². The number of carbonyl (C=O) groups excluding carboxylic acids is 1. The number of hydrogen-bond donors (Lipinski definition) is 1. The van der Waals surface area contributed by atoms with Gasteiger partial charge in [0.15, 0.2) is 0 Å². The van der Waals surface area contributed by atoms with Gasteiger partial charge in [-0.2, -0.15) is 0 Å². The van der Waals surface area contributed by atoms with E-state index in [1.165, 1.54) is 11.8 Å². The van der Waals surface area contributed by atoms with Gasteiger partial charge >= 0.3 is 0 Å². The molecule has 0 aliphatic carbocycles. The zero-order valence-corrected chi connectivity index (χ0v) is 14.0. The van der Waals surface area contributed by atoms with E-state index in [0.717, 1.165) is 17.9 Å². The first kappa shape index (κ1) is 16.6. The van der Waals surface area contributed by atoms with Crippen LogP contribution in [0.5, 0.6) is 0 Å². The van der Waals surface area contributed by atoms with Crippen LogP contribution in [0.2, 0.25) is 0 Å². The van der Waals surface area contributed by atoms with Crippen LogP contribution in [-0.4, -0.2) is 27.9 Å². The fraction of sp³-hybridized carbons (Fsp3) is 0.158. The molecule has 0 aliphatic heterocycles. The van der Waals surface area contributed by atoms with Crippen molar-refractivity contribution in [3.05, 3.63) is 84.1 Å². The summed E-state index contributed by atoms with van der Waals surface area (Å²) in [5.74, 6) is 0.469. The lowest BCUT2D eigenvalue weighted by atomic mass is 10.2. The number of amides is 1. The van der Waals surface area contributed by atoms with Gasteiger partial charge in [-0.3, -0.25) is 9.78 Å². The minimum atomic E-state index is -0.249. The lowest BCUT2D eigenvalue weighted by Gasteiger charge is -2.17. The molecule has 1 N–H and O–H groups in total. The molecule has 6 nitrogen and oxygen atoms in total. The Hall–Kier alpha value is -3.28. The molecule has 6 heteroatoms. The minimum absolute atomic E-state index is 0.249. The first-order valence-corrected chi connectivity index (χ1v) is 7.96. The van der Waals surface area contributed by atoms with Gasteiger partial charge in [0.2, 0.25) is 0 Å². The molecule has 2 aromatic heterocycles. The maximum absolute atomic E-state index is 12.1. The predicted molar refractivity (Wildman–Crippen MR) is 96.0 cm³/mol.